The standard InChI is InChI=1S/C17H24N2O5S/c1-2-3-10-25(21,22)19-8-6-14(7-9-19)18-17(20)13-4-5-15-16(11-13)24-12-23-15/h4-5,11,14H,2-3,6-10,12H2,1H3,(H,18,20). The van der Waals surface area contributed by atoms with Crippen LogP contribution in [-0.4, -0.2) is 50.3 Å². The first-order valence-electron chi connectivity index (χ1n) is 8.68. The van der Waals surface area contributed by atoms with E-state index in [0.717, 1.165) is 6.42 Å². The summed E-state index contributed by atoms with van der Waals surface area (Å²) in [4.78, 5) is 12.4. The number of fused-ring (bicyclic) bond motifs is 1. The summed E-state index contributed by atoms with van der Waals surface area (Å²) < 4.78 is 36.5. The highest BCUT2D eigenvalue weighted by molar-refractivity contribution is 7.89. The highest BCUT2D eigenvalue weighted by atomic mass is 32.2. The van der Waals surface area contributed by atoms with Crippen molar-refractivity contribution in [1.82, 2.24) is 9.62 Å². The van der Waals surface area contributed by atoms with E-state index in [4.69, 9.17) is 9.47 Å². The summed E-state index contributed by atoms with van der Waals surface area (Å²) in [7, 11) is -3.17. The first kappa shape index (κ1) is 18.0. The molecule has 0 bridgehead atoms. The van der Waals surface area contributed by atoms with Crippen LogP contribution in [0, 0.1) is 0 Å². The van der Waals surface area contributed by atoms with E-state index in [0.29, 0.717) is 49.4 Å². The lowest BCUT2D eigenvalue weighted by molar-refractivity contribution is 0.0923. The van der Waals surface area contributed by atoms with Gasteiger partial charge in [-0.05, 0) is 37.5 Å². The van der Waals surface area contributed by atoms with Crippen molar-refractivity contribution >= 4 is 15.9 Å². The van der Waals surface area contributed by atoms with Gasteiger partial charge in [-0.15, -0.1) is 0 Å². The average molecular weight is 368 g/mol. The van der Waals surface area contributed by atoms with Crippen LogP contribution in [-0.2, 0) is 10.0 Å². The lowest BCUT2D eigenvalue weighted by Crippen LogP contribution is -2.47. The maximum atomic E-state index is 12.4. The van der Waals surface area contributed by atoms with Crippen molar-refractivity contribution in [2.75, 3.05) is 25.6 Å². The molecule has 2 heterocycles. The third-order valence-electron chi connectivity index (χ3n) is 4.57. The summed E-state index contributed by atoms with van der Waals surface area (Å²) in [5.41, 5.74) is 0.516. The Bertz CT molecular complexity index is 727. The Morgan fingerprint density at radius 2 is 1.96 bits per heavy atom. The Hall–Kier alpha value is -1.80. The molecule has 0 radical (unpaired) electrons. The average Bonchev–Trinajstić information content (AvgIpc) is 3.08. The van der Waals surface area contributed by atoms with Crippen LogP contribution >= 0.6 is 0 Å². The minimum atomic E-state index is -3.17. The molecule has 0 saturated carbocycles. The Morgan fingerprint density at radius 3 is 2.68 bits per heavy atom. The van der Waals surface area contributed by atoms with E-state index >= 15 is 0 Å². The van der Waals surface area contributed by atoms with Gasteiger partial charge >= 0.3 is 0 Å². The maximum Gasteiger partial charge on any atom is 0.251 e. The van der Waals surface area contributed by atoms with Crippen LogP contribution in [0.4, 0.5) is 0 Å². The van der Waals surface area contributed by atoms with Gasteiger partial charge in [0.2, 0.25) is 16.8 Å². The number of carbonyl (C=O) groups is 1. The number of carbonyl (C=O) groups excluding carboxylic acids is 1. The van der Waals surface area contributed by atoms with Crippen molar-refractivity contribution in [3.8, 4) is 11.5 Å². The Balaban J connectivity index is 1.53. The molecule has 1 amide bonds. The predicted molar refractivity (Wildman–Crippen MR) is 93.3 cm³/mol. The second-order valence-corrected chi connectivity index (χ2v) is 8.47. The quantitative estimate of drug-likeness (QED) is 0.827. The van der Waals surface area contributed by atoms with Gasteiger partial charge in [-0.25, -0.2) is 12.7 Å². The van der Waals surface area contributed by atoms with Gasteiger partial charge in [0.05, 0.1) is 5.75 Å². The van der Waals surface area contributed by atoms with Gasteiger partial charge in [-0.3, -0.25) is 4.79 Å². The normalized spacial score (nSPS) is 18.3. The van der Waals surface area contributed by atoms with Crippen molar-refractivity contribution in [1.29, 1.82) is 0 Å². The fourth-order valence-electron chi connectivity index (χ4n) is 3.04. The van der Waals surface area contributed by atoms with Gasteiger partial charge in [0, 0.05) is 24.7 Å². The fraction of sp³-hybridized carbons (Fsp3) is 0.588. The topological polar surface area (TPSA) is 84.9 Å². The first-order chi connectivity index (χ1) is 12.0. The van der Waals surface area contributed by atoms with E-state index in [2.05, 4.69) is 5.32 Å². The Kier molecular flexibility index (Phi) is 5.48. The molecule has 1 N–H and O–H groups in total. The zero-order chi connectivity index (χ0) is 17.9. The highest BCUT2D eigenvalue weighted by Gasteiger charge is 2.28. The number of sulfonamides is 1. The van der Waals surface area contributed by atoms with Crippen LogP contribution in [0.3, 0.4) is 0 Å². The third kappa shape index (κ3) is 4.24. The molecule has 0 atom stereocenters. The number of amides is 1. The molecule has 0 aromatic heterocycles. The van der Waals surface area contributed by atoms with E-state index < -0.39 is 10.0 Å². The Labute approximate surface area is 148 Å². The van der Waals surface area contributed by atoms with E-state index in [1.165, 1.54) is 0 Å². The summed E-state index contributed by atoms with van der Waals surface area (Å²) in [6.45, 7) is 3.06. The first-order valence-corrected chi connectivity index (χ1v) is 10.3. The molecule has 0 spiro atoms. The number of hydrogen-bond acceptors (Lipinski definition) is 5. The minimum absolute atomic E-state index is 0.0180. The van der Waals surface area contributed by atoms with Gasteiger partial charge in [0.15, 0.2) is 11.5 Å². The van der Waals surface area contributed by atoms with E-state index in [1.807, 2.05) is 6.92 Å². The van der Waals surface area contributed by atoms with Crippen molar-refractivity contribution in [2.45, 2.75) is 38.6 Å². The third-order valence-corrected chi connectivity index (χ3v) is 6.53. The number of hydrogen-bond donors (Lipinski definition) is 1. The zero-order valence-electron chi connectivity index (χ0n) is 14.4. The summed E-state index contributed by atoms with van der Waals surface area (Å²) in [6.07, 6.45) is 2.80. The smallest absolute Gasteiger partial charge is 0.251 e. The second kappa shape index (κ2) is 7.61. The summed E-state index contributed by atoms with van der Waals surface area (Å²) in [5.74, 6) is 1.25. The lowest BCUT2D eigenvalue weighted by atomic mass is 10.1. The van der Waals surface area contributed by atoms with Gasteiger partial charge in [-0.2, -0.15) is 0 Å². The molecule has 8 heteroatoms. The van der Waals surface area contributed by atoms with Gasteiger partial charge in [0.1, 0.15) is 0 Å². The predicted octanol–water partition coefficient (Wildman–Crippen LogP) is 1.74. The molecule has 2 aliphatic heterocycles. The molecule has 7 nitrogen and oxygen atoms in total. The van der Waals surface area contributed by atoms with Gasteiger partial charge < -0.3 is 14.8 Å². The molecular weight excluding hydrogens is 344 g/mol. The molecule has 1 saturated heterocycles. The number of rotatable bonds is 6. The molecule has 3 rings (SSSR count). The number of nitrogens with one attached hydrogen (secondary N) is 1. The summed E-state index contributed by atoms with van der Waals surface area (Å²) in [5, 5.41) is 2.98. The van der Waals surface area contributed by atoms with E-state index in [9.17, 15) is 13.2 Å². The number of nitrogens with zero attached hydrogens (tertiary/aromatic N) is 1. The number of piperidine rings is 1. The summed E-state index contributed by atoms with van der Waals surface area (Å²) >= 11 is 0. The van der Waals surface area contributed by atoms with Crippen LogP contribution in [0.5, 0.6) is 11.5 Å². The molecular formula is C17H24N2O5S. The van der Waals surface area contributed by atoms with Crippen molar-refractivity contribution in [3.63, 3.8) is 0 Å². The lowest BCUT2D eigenvalue weighted by Gasteiger charge is -2.31. The van der Waals surface area contributed by atoms with Crippen molar-refractivity contribution in [2.24, 2.45) is 0 Å². The molecule has 0 aliphatic carbocycles. The summed E-state index contributed by atoms with van der Waals surface area (Å²) in [6, 6.07) is 5.07. The van der Waals surface area contributed by atoms with Crippen LogP contribution in [0.15, 0.2) is 18.2 Å². The number of unbranched alkanes of at least 4 members (excludes halogenated alkanes) is 1. The molecule has 2 aliphatic rings. The molecule has 138 valence electrons. The van der Waals surface area contributed by atoms with E-state index in [-0.39, 0.29) is 24.5 Å². The van der Waals surface area contributed by atoms with Crippen molar-refractivity contribution < 1.29 is 22.7 Å². The highest BCUT2D eigenvalue weighted by Crippen LogP contribution is 2.32. The SMILES string of the molecule is CCCCS(=O)(=O)N1CCC(NC(=O)c2ccc3c(c2)OCO3)CC1. The van der Waals surface area contributed by atoms with E-state index in [1.54, 1.807) is 22.5 Å². The number of benzene rings is 1. The largest absolute Gasteiger partial charge is 0.454 e. The zero-order valence-corrected chi connectivity index (χ0v) is 15.2. The second-order valence-electron chi connectivity index (χ2n) is 6.38. The van der Waals surface area contributed by atoms with Crippen LogP contribution in [0.25, 0.3) is 0 Å². The molecule has 0 unspecified atom stereocenters. The molecule has 1 aromatic rings. The van der Waals surface area contributed by atoms with Crippen molar-refractivity contribution in [3.05, 3.63) is 23.8 Å². The molecule has 25 heavy (non-hydrogen) atoms. The molecule has 1 fully saturated rings. The van der Waals surface area contributed by atoms with Gasteiger partial charge in [0.25, 0.3) is 5.91 Å². The maximum absolute atomic E-state index is 12.4. The number of ether oxygens (including phenoxy) is 2. The minimum Gasteiger partial charge on any atom is -0.454 e. The van der Waals surface area contributed by atoms with Crippen LogP contribution in [0.2, 0.25) is 0 Å². The van der Waals surface area contributed by atoms with Crippen LogP contribution in [0.1, 0.15) is 43.0 Å². The fourth-order valence-corrected chi connectivity index (χ4v) is 4.72. The monoisotopic (exact) mass is 368 g/mol. The van der Waals surface area contributed by atoms with Crippen LogP contribution < -0.4 is 14.8 Å². The molecule has 1 aromatic carbocycles. The van der Waals surface area contributed by atoms with Gasteiger partial charge in [-0.1, -0.05) is 13.3 Å². The Morgan fingerprint density at radius 1 is 1.24 bits per heavy atom.